The Morgan fingerprint density at radius 1 is 1.64 bits per heavy atom. The number of amides is 2. The molecule has 1 saturated heterocycles. The van der Waals surface area contributed by atoms with Gasteiger partial charge in [-0.1, -0.05) is 0 Å². The molecule has 0 saturated carbocycles. The largest absolute Gasteiger partial charge is 0.453 e. The number of alkyl carbamates (subject to hydrolysis) is 1. The van der Waals surface area contributed by atoms with Gasteiger partial charge in [0.15, 0.2) is 0 Å². The van der Waals surface area contributed by atoms with Crippen molar-refractivity contribution in [2.75, 3.05) is 26.7 Å². The van der Waals surface area contributed by atoms with Crippen molar-refractivity contribution in [3.63, 3.8) is 0 Å². The maximum Gasteiger partial charge on any atom is 0.406 e. The molecule has 1 aliphatic heterocycles. The summed E-state index contributed by atoms with van der Waals surface area (Å²) in [7, 11) is 1.33. The first-order chi connectivity index (χ1) is 6.74. The summed E-state index contributed by atoms with van der Waals surface area (Å²) < 4.78 is 4.41. The van der Waals surface area contributed by atoms with Gasteiger partial charge in [0, 0.05) is 26.1 Å². The Balaban J connectivity index is 2.03. The molecule has 1 fully saturated rings. The highest BCUT2D eigenvalue weighted by molar-refractivity contribution is 5.78. The van der Waals surface area contributed by atoms with E-state index in [1.807, 2.05) is 4.90 Å². The lowest BCUT2D eigenvalue weighted by atomic mass is 10.4. The smallest absolute Gasteiger partial charge is 0.406 e. The van der Waals surface area contributed by atoms with Crippen LogP contribution in [0.1, 0.15) is 19.3 Å². The zero-order chi connectivity index (χ0) is 10.4. The molecule has 14 heavy (non-hydrogen) atoms. The second-order valence-electron chi connectivity index (χ2n) is 3.26. The summed E-state index contributed by atoms with van der Waals surface area (Å²) in [6, 6.07) is 0. The predicted octanol–water partition coefficient (Wildman–Crippen LogP) is 0.355. The van der Waals surface area contributed by atoms with Crippen molar-refractivity contribution in [1.29, 1.82) is 0 Å². The number of methoxy groups -OCH3 is 1. The van der Waals surface area contributed by atoms with Gasteiger partial charge >= 0.3 is 6.09 Å². The van der Waals surface area contributed by atoms with Gasteiger partial charge in [-0.15, -0.1) is 0 Å². The quantitative estimate of drug-likeness (QED) is 0.666. The Hall–Kier alpha value is -1.26. The normalized spacial score (nSPS) is 15.8. The predicted molar refractivity (Wildman–Crippen MR) is 50.8 cm³/mol. The topological polar surface area (TPSA) is 58.6 Å². The maximum atomic E-state index is 11.2. The van der Waals surface area contributed by atoms with Gasteiger partial charge in [0.2, 0.25) is 5.91 Å². The molecule has 1 N–H and O–H groups in total. The van der Waals surface area contributed by atoms with Gasteiger partial charge < -0.3 is 15.0 Å². The number of likely N-dealkylation sites (tertiary alicyclic amines) is 1. The zero-order valence-electron chi connectivity index (χ0n) is 8.41. The molecule has 5 nitrogen and oxygen atoms in total. The Morgan fingerprint density at radius 2 is 2.43 bits per heavy atom. The molecule has 2 amide bonds. The SMILES string of the molecule is COC(=O)NCCCN1CCCC1=O. The van der Waals surface area contributed by atoms with Crippen molar-refractivity contribution in [1.82, 2.24) is 10.2 Å². The highest BCUT2D eigenvalue weighted by Gasteiger charge is 2.18. The first-order valence-corrected chi connectivity index (χ1v) is 4.83. The van der Waals surface area contributed by atoms with Crippen molar-refractivity contribution in [2.45, 2.75) is 19.3 Å². The lowest BCUT2D eigenvalue weighted by Crippen LogP contribution is -2.30. The third-order valence-electron chi connectivity index (χ3n) is 2.23. The Labute approximate surface area is 83.4 Å². The van der Waals surface area contributed by atoms with Gasteiger partial charge in [-0.25, -0.2) is 4.79 Å². The molecule has 1 rings (SSSR count). The second-order valence-corrected chi connectivity index (χ2v) is 3.26. The first kappa shape index (κ1) is 10.8. The van der Waals surface area contributed by atoms with Crippen LogP contribution in [0.2, 0.25) is 0 Å². The number of carbonyl (C=O) groups is 2. The molecule has 0 atom stereocenters. The fourth-order valence-corrected chi connectivity index (χ4v) is 1.47. The van der Waals surface area contributed by atoms with Crippen molar-refractivity contribution in [3.8, 4) is 0 Å². The number of rotatable bonds is 4. The Kier molecular flexibility index (Phi) is 4.22. The van der Waals surface area contributed by atoms with E-state index in [9.17, 15) is 9.59 Å². The number of nitrogens with zero attached hydrogens (tertiary/aromatic N) is 1. The molecule has 0 aliphatic carbocycles. The summed E-state index contributed by atoms with van der Waals surface area (Å²) in [5.41, 5.74) is 0. The minimum atomic E-state index is -0.419. The van der Waals surface area contributed by atoms with Crippen molar-refractivity contribution < 1.29 is 14.3 Å². The molecule has 1 heterocycles. The summed E-state index contributed by atoms with van der Waals surface area (Å²) in [6.45, 7) is 2.14. The van der Waals surface area contributed by atoms with E-state index in [1.165, 1.54) is 7.11 Å². The molecule has 0 unspecified atom stereocenters. The lowest BCUT2D eigenvalue weighted by Gasteiger charge is -2.14. The molecule has 80 valence electrons. The van der Waals surface area contributed by atoms with Gasteiger partial charge in [-0.05, 0) is 12.8 Å². The molecule has 0 aromatic heterocycles. The van der Waals surface area contributed by atoms with Crippen molar-refractivity contribution in [2.24, 2.45) is 0 Å². The van der Waals surface area contributed by atoms with Crippen LogP contribution in [0, 0.1) is 0 Å². The molecular formula is C9H16N2O3. The van der Waals surface area contributed by atoms with Gasteiger partial charge in [-0.3, -0.25) is 4.79 Å². The molecule has 0 radical (unpaired) electrons. The Bertz CT molecular complexity index is 218. The highest BCUT2D eigenvalue weighted by atomic mass is 16.5. The standard InChI is InChI=1S/C9H16N2O3/c1-14-9(13)10-5-3-7-11-6-2-4-8(11)12/h2-7H2,1H3,(H,10,13). The van der Waals surface area contributed by atoms with E-state index < -0.39 is 6.09 Å². The molecule has 0 bridgehead atoms. The van der Waals surface area contributed by atoms with E-state index in [4.69, 9.17) is 0 Å². The molecule has 0 aromatic rings. The summed E-state index contributed by atoms with van der Waals surface area (Å²) in [5, 5.41) is 2.57. The van der Waals surface area contributed by atoms with Crippen LogP contribution in [0.5, 0.6) is 0 Å². The van der Waals surface area contributed by atoms with E-state index in [2.05, 4.69) is 10.1 Å². The molecule has 0 spiro atoms. The number of hydrogen-bond donors (Lipinski definition) is 1. The van der Waals surface area contributed by atoms with Crippen LogP contribution in [0.25, 0.3) is 0 Å². The third-order valence-corrected chi connectivity index (χ3v) is 2.23. The van der Waals surface area contributed by atoms with Crippen LogP contribution < -0.4 is 5.32 Å². The number of nitrogens with one attached hydrogen (secondary N) is 1. The minimum Gasteiger partial charge on any atom is -0.453 e. The van der Waals surface area contributed by atoms with Crippen LogP contribution >= 0.6 is 0 Å². The summed E-state index contributed by atoms with van der Waals surface area (Å²) in [4.78, 5) is 23.7. The van der Waals surface area contributed by atoms with Crippen LogP contribution in [0.15, 0.2) is 0 Å². The third kappa shape index (κ3) is 3.24. The summed E-state index contributed by atoms with van der Waals surface area (Å²) in [6.07, 6.45) is 1.99. The highest BCUT2D eigenvalue weighted by Crippen LogP contribution is 2.09. The number of hydrogen-bond acceptors (Lipinski definition) is 3. The Morgan fingerprint density at radius 3 is 3.00 bits per heavy atom. The average Bonchev–Trinajstić information content (AvgIpc) is 2.58. The second kappa shape index (κ2) is 5.47. The summed E-state index contributed by atoms with van der Waals surface area (Å²) in [5.74, 6) is 0.225. The zero-order valence-corrected chi connectivity index (χ0v) is 8.41. The molecule has 0 aromatic carbocycles. The van der Waals surface area contributed by atoms with Crippen LogP contribution in [0.4, 0.5) is 4.79 Å². The monoisotopic (exact) mass is 200 g/mol. The van der Waals surface area contributed by atoms with Gasteiger partial charge in [-0.2, -0.15) is 0 Å². The van der Waals surface area contributed by atoms with E-state index in [-0.39, 0.29) is 5.91 Å². The van der Waals surface area contributed by atoms with Crippen LogP contribution in [-0.4, -0.2) is 43.6 Å². The molecule has 1 aliphatic rings. The lowest BCUT2D eigenvalue weighted by molar-refractivity contribution is -0.127. The van der Waals surface area contributed by atoms with E-state index in [0.29, 0.717) is 13.0 Å². The van der Waals surface area contributed by atoms with E-state index >= 15 is 0 Å². The van der Waals surface area contributed by atoms with Crippen LogP contribution in [-0.2, 0) is 9.53 Å². The first-order valence-electron chi connectivity index (χ1n) is 4.83. The maximum absolute atomic E-state index is 11.2. The van der Waals surface area contributed by atoms with Crippen molar-refractivity contribution in [3.05, 3.63) is 0 Å². The summed E-state index contributed by atoms with van der Waals surface area (Å²) >= 11 is 0. The fraction of sp³-hybridized carbons (Fsp3) is 0.778. The number of ether oxygens (including phenoxy) is 1. The van der Waals surface area contributed by atoms with Gasteiger partial charge in [0.1, 0.15) is 0 Å². The van der Waals surface area contributed by atoms with Crippen LogP contribution in [0.3, 0.4) is 0 Å². The van der Waals surface area contributed by atoms with E-state index in [0.717, 1.165) is 25.9 Å². The van der Waals surface area contributed by atoms with E-state index in [1.54, 1.807) is 0 Å². The minimum absolute atomic E-state index is 0.225. The fourth-order valence-electron chi connectivity index (χ4n) is 1.47. The number of carbonyl (C=O) groups excluding carboxylic acids is 2. The van der Waals surface area contributed by atoms with Gasteiger partial charge in [0.25, 0.3) is 0 Å². The molecule has 5 heteroatoms. The van der Waals surface area contributed by atoms with Gasteiger partial charge in [0.05, 0.1) is 7.11 Å². The molecular weight excluding hydrogens is 184 g/mol. The average molecular weight is 200 g/mol. The van der Waals surface area contributed by atoms with Crippen molar-refractivity contribution >= 4 is 12.0 Å².